The molecule has 0 saturated carbocycles. The third-order valence-corrected chi connectivity index (χ3v) is 9.17. The largest absolute Gasteiger partial charge is 0.416 e. The van der Waals surface area contributed by atoms with Gasteiger partial charge in [0.05, 0.1) is 16.0 Å². The molecule has 5 rings (SSSR count). The SMILES string of the molecule is CSc1ccc(N2CCN(S(=O)(=O)c3ccc(Nc4ccnc5cc(C(F)(F)F)ccc45)cc3)CC2)cc1. The molecule has 1 N–H and O–H groups in total. The number of fused-ring (bicyclic) bond motifs is 1. The van der Waals surface area contributed by atoms with Gasteiger partial charge < -0.3 is 10.2 Å². The molecule has 2 heterocycles. The average Bonchev–Trinajstić information content (AvgIpc) is 2.93. The van der Waals surface area contributed by atoms with E-state index in [9.17, 15) is 21.6 Å². The summed E-state index contributed by atoms with van der Waals surface area (Å²) in [5.41, 5.74) is 1.70. The minimum absolute atomic E-state index is 0.190. The zero-order valence-electron chi connectivity index (χ0n) is 20.4. The van der Waals surface area contributed by atoms with Gasteiger partial charge in [0.2, 0.25) is 10.0 Å². The number of nitrogens with one attached hydrogen (secondary N) is 1. The Bertz CT molecular complexity index is 1540. The van der Waals surface area contributed by atoms with Gasteiger partial charge in [-0.15, -0.1) is 11.8 Å². The Morgan fingerprint density at radius 1 is 0.895 bits per heavy atom. The average molecular weight is 559 g/mol. The van der Waals surface area contributed by atoms with E-state index in [1.165, 1.54) is 33.6 Å². The van der Waals surface area contributed by atoms with E-state index < -0.39 is 21.8 Å². The third kappa shape index (κ3) is 5.45. The van der Waals surface area contributed by atoms with Crippen molar-refractivity contribution in [2.24, 2.45) is 0 Å². The zero-order valence-corrected chi connectivity index (χ0v) is 22.1. The molecule has 1 saturated heterocycles. The summed E-state index contributed by atoms with van der Waals surface area (Å²) < 4.78 is 67.2. The van der Waals surface area contributed by atoms with Crippen molar-refractivity contribution in [1.82, 2.24) is 9.29 Å². The molecule has 1 fully saturated rings. The summed E-state index contributed by atoms with van der Waals surface area (Å²) in [6.07, 6.45) is -0.994. The molecule has 0 amide bonds. The molecule has 1 aliphatic heterocycles. The van der Waals surface area contributed by atoms with Crippen molar-refractivity contribution in [3.8, 4) is 0 Å². The van der Waals surface area contributed by atoms with Crippen LogP contribution in [-0.4, -0.2) is 50.1 Å². The van der Waals surface area contributed by atoms with Gasteiger partial charge in [-0.25, -0.2) is 8.42 Å². The quantitative estimate of drug-likeness (QED) is 0.283. The Morgan fingerprint density at radius 3 is 2.21 bits per heavy atom. The lowest BCUT2D eigenvalue weighted by Gasteiger charge is -2.35. The van der Waals surface area contributed by atoms with Crippen LogP contribution >= 0.6 is 11.8 Å². The van der Waals surface area contributed by atoms with Crippen LogP contribution in [-0.2, 0) is 16.2 Å². The van der Waals surface area contributed by atoms with E-state index in [-0.39, 0.29) is 10.4 Å². The minimum atomic E-state index is -4.45. The molecule has 4 aromatic rings. The molecular formula is C27H25F3N4O2S2. The van der Waals surface area contributed by atoms with Crippen LogP contribution in [0.4, 0.5) is 30.2 Å². The summed E-state index contributed by atoms with van der Waals surface area (Å²) in [4.78, 5) is 7.61. The minimum Gasteiger partial charge on any atom is -0.369 e. The van der Waals surface area contributed by atoms with Crippen molar-refractivity contribution in [3.63, 3.8) is 0 Å². The summed E-state index contributed by atoms with van der Waals surface area (Å²) in [5, 5.41) is 3.68. The van der Waals surface area contributed by atoms with Crippen molar-refractivity contribution in [1.29, 1.82) is 0 Å². The molecule has 1 aliphatic rings. The summed E-state index contributed by atoms with van der Waals surface area (Å²) in [6.45, 7) is 1.97. The van der Waals surface area contributed by atoms with Gasteiger partial charge in [-0.2, -0.15) is 17.5 Å². The number of benzene rings is 3. The molecule has 0 bridgehead atoms. The number of sulfonamides is 1. The second-order valence-corrected chi connectivity index (χ2v) is 11.6. The fourth-order valence-corrected chi connectivity index (χ4v) is 6.26. The molecule has 6 nitrogen and oxygen atoms in total. The van der Waals surface area contributed by atoms with Crippen molar-refractivity contribution in [2.75, 3.05) is 42.7 Å². The highest BCUT2D eigenvalue weighted by Gasteiger charge is 2.31. The van der Waals surface area contributed by atoms with Crippen LogP contribution in [0.2, 0.25) is 0 Å². The van der Waals surface area contributed by atoms with E-state index in [0.29, 0.717) is 42.9 Å². The van der Waals surface area contributed by atoms with E-state index in [1.54, 1.807) is 30.0 Å². The summed E-state index contributed by atoms with van der Waals surface area (Å²) in [5.74, 6) is 0. The van der Waals surface area contributed by atoms with E-state index >= 15 is 0 Å². The standard InChI is InChI=1S/C27H25F3N4O2S2/c1-37-22-7-5-21(6-8-22)33-14-16-34(17-15-33)38(35,36)23-9-3-20(4-10-23)32-25-12-13-31-26-18-19(27(28,29)30)2-11-24(25)26/h2-13,18H,14-17H2,1H3,(H,31,32). The van der Waals surface area contributed by atoms with Crippen molar-refractivity contribution >= 4 is 49.8 Å². The summed E-state index contributed by atoms with van der Waals surface area (Å²) >= 11 is 1.68. The van der Waals surface area contributed by atoms with Crippen LogP contribution in [0.15, 0.2) is 88.8 Å². The number of pyridine rings is 1. The molecule has 0 aliphatic carbocycles. The molecule has 0 radical (unpaired) electrons. The maximum Gasteiger partial charge on any atom is 0.416 e. The summed E-state index contributed by atoms with van der Waals surface area (Å²) in [6, 6.07) is 19.7. The highest BCUT2D eigenvalue weighted by molar-refractivity contribution is 7.98. The molecule has 198 valence electrons. The van der Waals surface area contributed by atoms with Gasteiger partial charge >= 0.3 is 6.18 Å². The number of rotatable bonds is 6. The second-order valence-electron chi connectivity index (χ2n) is 8.83. The van der Waals surface area contributed by atoms with Gasteiger partial charge in [0.15, 0.2) is 0 Å². The maximum atomic E-state index is 13.3. The molecule has 11 heteroatoms. The number of hydrogen-bond donors (Lipinski definition) is 1. The van der Waals surface area contributed by atoms with Gasteiger partial charge in [-0.1, -0.05) is 6.07 Å². The number of alkyl halides is 3. The molecule has 0 unspecified atom stereocenters. The van der Waals surface area contributed by atoms with E-state index in [2.05, 4.69) is 39.5 Å². The van der Waals surface area contributed by atoms with Crippen LogP contribution < -0.4 is 10.2 Å². The first-order valence-corrected chi connectivity index (χ1v) is 14.5. The molecular weight excluding hydrogens is 533 g/mol. The first-order valence-electron chi connectivity index (χ1n) is 11.9. The maximum absolute atomic E-state index is 13.3. The molecule has 0 atom stereocenters. The Labute approximate surface area is 223 Å². The first kappa shape index (κ1) is 26.3. The van der Waals surface area contributed by atoms with Crippen LogP contribution in [0.5, 0.6) is 0 Å². The highest BCUT2D eigenvalue weighted by atomic mass is 32.2. The smallest absolute Gasteiger partial charge is 0.369 e. The number of halogens is 3. The predicted molar refractivity (Wildman–Crippen MR) is 146 cm³/mol. The van der Waals surface area contributed by atoms with E-state index in [1.807, 2.05) is 6.26 Å². The Morgan fingerprint density at radius 2 is 1.58 bits per heavy atom. The van der Waals surface area contributed by atoms with E-state index in [4.69, 9.17) is 0 Å². The number of thioether (sulfide) groups is 1. The Balaban J connectivity index is 1.27. The van der Waals surface area contributed by atoms with Gasteiger partial charge in [-0.05, 0) is 73.0 Å². The second kappa shape index (κ2) is 10.5. The molecule has 1 aromatic heterocycles. The van der Waals surface area contributed by atoms with Crippen LogP contribution in [0.3, 0.4) is 0 Å². The van der Waals surface area contributed by atoms with Gasteiger partial charge in [0.25, 0.3) is 0 Å². The number of aromatic nitrogens is 1. The Kier molecular flexibility index (Phi) is 7.26. The molecule has 3 aromatic carbocycles. The first-order chi connectivity index (χ1) is 18.1. The number of nitrogens with zero attached hydrogens (tertiary/aromatic N) is 3. The van der Waals surface area contributed by atoms with Gasteiger partial charge in [0, 0.05) is 59.7 Å². The van der Waals surface area contributed by atoms with Gasteiger partial charge in [-0.3, -0.25) is 4.98 Å². The van der Waals surface area contributed by atoms with Crippen molar-refractivity contribution < 1.29 is 21.6 Å². The lowest BCUT2D eigenvalue weighted by atomic mass is 10.1. The molecule has 38 heavy (non-hydrogen) atoms. The fraction of sp³-hybridized carbons (Fsp3) is 0.222. The van der Waals surface area contributed by atoms with Gasteiger partial charge in [0.1, 0.15) is 0 Å². The Hall–Kier alpha value is -3.28. The lowest BCUT2D eigenvalue weighted by molar-refractivity contribution is -0.137. The highest BCUT2D eigenvalue weighted by Crippen LogP contribution is 2.33. The van der Waals surface area contributed by atoms with E-state index in [0.717, 1.165) is 17.8 Å². The number of anilines is 3. The van der Waals surface area contributed by atoms with Crippen LogP contribution in [0, 0.1) is 0 Å². The van der Waals surface area contributed by atoms with Crippen molar-refractivity contribution in [2.45, 2.75) is 16.0 Å². The predicted octanol–water partition coefficient (Wildman–Crippen LogP) is 6.23. The lowest BCUT2D eigenvalue weighted by Crippen LogP contribution is -2.48. The van der Waals surface area contributed by atoms with Crippen LogP contribution in [0.1, 0.15) is 5.56 Å². The summed E-state index contributed by atoms with van der Waals surface area (Å²) in [7, 11) is -3.66. The monoisotopic (exact) mass is 558 g/mol. The molecule has 0 spiro atoms. The fourth-order valence-electron chi connectivity index (χ4n) is 4.43. The third-order valence-electron chi connectivity index (χ3n) is 6.52. The van der Waals surface area contributed by atoms with Crippen molar-refractivity contribution in [3.05, 3.63) is 84.6 Å². The number of piperazine rings is 1. The zero-order chi connectivity index (χ0) is 26.9. The van der Waals surface area contributed by atoms with Crippen LogP contribution in [0.25, 0.3) is 10.9 Å². The topological polar surface area (TPSA) is 65.5 Å². The number of hydrogen-bond acceptors (Lipinski definition) is 6. The normalized spacial score (nSPS) is 15.1.